The summed E-state index contributed by atoms with van der Waals surface area (Å²) in [6, 6.07) is 11.5. The molecule has 0 N–H and O–H groups in total. The van der Waals surface area contributed by atoms with Crippen molar-refractivity contribution in [2.75, 3.05) is 6.61 Å². The number of nitro benzene ring substituents is 1. The van der Waals surface area contributed by atoms with E-state index in [9.17, 15) is 14.9 Å². The molecule has 8 heteroatoms. The number of nitrogens with zero attached hydrogens (tertiary/aromatic N) is 3. The van der Waals surface area contributed by atoms with E-state index in [2.05, 4.69) is 10.9 Å². The van der Waals surface area contributed by atoms with Crippen molar-refractivity contribution in [3.8, 4) is 18.1 Å². The van der Waals surface area contributed by atoms with E-state index < -0.39 is 4.92 Å². The summed E-state index contributed by atoms with van der Waals surface area (Å²) in [6.45, 7) is 2.76. The molecule has 28 heavy (non-hydrogen) atoms. The number of aromatic nitrogens is 1. The maximum atomic E-state index is 12.4. The van der Waals surface area contributed by atoms with E-state index in [-0.39, 0.29) is 24.6 Å². The second kappa shape index (κ2) is 8.50. The van der Waals surface area contributed by atoms with Gasteiger partial charge in [-0.05, 0) is 30.7 Å². The average Bonchev–Trinajstić information content (AvgIpc) is 2.99. The van der Waals surface area contributed by atoms with Gasteiger partial charge in [0.2, 0.25) is 0 Å². The molecule has 3 aromatic rings. The first kappa shape index (κ1) is 19.3. The lowest BCUT2D eigenvalue weighted by atomic mass is 10.1. The number of hydrogen-bond donors (Lipinski definition) is 0. The molecule has 0 aliphatic carbocycles. The minimum Gasteiger partial charge on any atom is -0.494 e. The normalized spacial score (nSPS) is 11.4. The third-order valence-corrected chi connectivity index (χ3v) is 4.98. The number of benzene rings is 2. The number of non-ortho nitro benzene ring substituents is 1. The Balaban J connectivity index is 1.92. The molecule has 1 aromatic heterocycles. The van der Waals surface area contributed by atoms with Gasteiger partial charge in [0.05, 0.1) is 34.7 Å². The molecule has 0 radical (unpaired) electrons. The molecule has 0 unspecified atom stereocenters. The van der Waals surface area contributed by atoms with E-state index in [0.717, 1.165) is 16.0 Å². The Morgan fingerprint density at radius 2 is 2.07 bits per heavy atom. The first-order valence-electron chi connectivity index (χ1n) is 8.52. The number of thiazole rings is 1. The zero-order chi connectivity index (χ0) is 20.1. The van der Waals surface area contributed by atoms with Gasteiger partial charge < -0.3 is 9.30 Å². The number of fused-ring (bicyclic) bond motifs is 1. The van der Waals surface area contributed by atoms with Crippen LogP contribution in [-0.2, 0) is 17.8 Å². The fraction of sp³-hybridized carbons (Fsp3) is 0.200. The summed E-state index contributed by atoms with van der Waals surface area (Å²) in [6.07, 6.45) is 5.53. The van der Waals surface area contributed by atoms with Gasteiger partial charge in [-0.3, -0.25) is 14.9 Å². The molecule has 0 aliphatic heterocycles. The van der Waals surface area contributed by atoms with Crippen LogP contribution in [0.4, 0.5) is 5.69 Å². The molecule has 7 nitrogen and oxygen atoms in total. The summed E-state index contributed by atoms with van der Waals surface area (Å²) >= 11 is 1.36. The Morgan fingerprint density at radius 3 is 2.71 bits per heavy atom. The molecule has 0 saturated heterocycles. The maximum absolute atomic E-state index is 12.4. The molecule has 3 rings (SSSR count). The van der Waals surface area contributed by atoms with Crippen molar-refractivity contribution in [2.45, 2.75) is 19.9 Å². The molecule has 0 bridgehead atoms. The highest BCUT2D eigenvalue weighted by Crippen LogP contribution is 2.23. The third-order valence-electron chi connectivity index (χ3n) is 3.94. The van der Waals surface area contributed by atoms with Crippen molar-refractivity contribution in [2.24, 2.45) is 4.99 Å². The minimum absolute atomic E-state index is 0.0189. The van der Waals surface area contributed by atoms with Crippen LogP contribution in [0.5, 0.6) is 5.75 Å². The fourth-order valence-electron chi connectivity index (χ4n) is 2.70. The lowest BCUT2D eigenvalue weighted by Gasteiger charge is -2.03. The number of carbonyl (C=O) groups excluding carboxylic acids is 1. The molecule has 142 valence electrons. The molecule has 1 heterocycles. The topological polar surface area (TPSA) is 86.7 Å². The summed E-state index contributed by atoms with van der Waals surface area (Å²) in [5, 5.41) is 10.7. The number of nitro groups is 1. The maximum Gasteiger partial charge on any atom is 0.269 e. The van der Waals surface area contributed by atoms with E-state index in [0.29, 0.717) is 17.0 Å². The van der Waals surface area contributed by atoms with E-state index in [1.807, 2.05) is 29.7 Å². The second-order valence-corrected chi connectivity index (χ2v) is 6.85. The zero-order valence-corrected chi connectivity index (χ0v) is 15.9. The Labute approximate surface area is 165 Å². The van der Waals surface area contributed by atoms with Crippen LogP contribution in [0.2, 0.25) is 0 Å². The van der Waals surface area contributed by atoms with Crippen LogP contribution in [0.3, 0.4) is 0 Å². The molecular weight excluding hydrogens is 378 g/mol. The monoisotopic (exact) mass is 395 g/mol. The van der Waals surface area contributed by atoms with Crippen LogP contribution >= 0.6 is 11.3 Å². The molecule has 0 atom stereocenters. The quantitative estimate of drug-likeness (QED) is 0.364. The highest BCUT2D eigenvalue weighted by Gasteiger charge is 2.10. The summed E-state index contributed by atoms with van der Waals surface area (Å²) < 4.78 is 8.25. The zero-order valence-electron chi connectivity index (χ0n) is 15.1. The van der Waals surface area contributed by atoms with Crippen molar-refractivity contribution < 1.29 is 14.5 Å². The lowest BCUT2D eigenvalue weighted by Crippen LogP contribution is -2.17. The van der Waals surface area contributed by atoms with Gasteiger partial charge in [-0.15, -0.1) is 6.42 Å². The third kappa shape index (κ3) is 4.27. The van der Waals surface area contributed by atoms with Crippen molar-refractivity contribution in [1.29, 1.82) is 0 Å². The summed E-state index contributed by atoms with van der Waals surface area (Å²) in [7, 11) is 0. The minimum atomic E-state index is -0.480. The van der Waals surface area contributed by atoms with Crippen LogP contribution < -0.4 is 9.54 Å². The summed E-state index contributed by atoms with van der Waals surface area (Å²) in [5.41, 5.74) is 1.52. The van der Waals surface area contributed by atoms with Crippen molar-refractivity contribution in [3.63, 3.8) is 0 Å². The molecule has 0 fully saturated rings. The second-order valence-electron chi connectivity index (χ2n) is 5.84. The molecule has 0 spiro atoms. The molecule has 0 saturated carbocycles. The molecule has 0 aliphatic rings. The lowest BCUT2D eigenvalue weighted by molar-refractivity contribution is -0.384. The van der Waals surface area contributed by atoms with Gasteiger partial charge in [0.15, 0.2) is 4.80 Å². The molecular formula is C20H17N3O4S. The first-order valence-corrected chi connectivity index (χ1v) is 9.34. The van der Waals surface area contributed by atoms with Gasteiger partial charge in [0.1, 0.15) is 5.75 Å². The fourth-order valence-corrected chi connectivity index (χ4v) is 3.77. The van der Waals surface area contributed by atoms with Crippen LogP contribution in [0.15, 0.2) is 47.5 Å². The standard InChI is InChI=1S/C20H17N3O4S/c1-3-11-22-17-10-9-16(27-4-2)13-18(17)28-20(22)21-19(24)12-14-5-7-15(8-6-14)23(25)26/h1,5-10,13H,4,11-12H2,2H3. The highest BCUT2D eigenvalue weighted by atomic mass is 32.1. The SMILES string of the molecule is C#CCn1c(=NC(=O)Cc2ccc([N+](=O)[O-])cc2)sc2cc(OCC)ccc21. The van der Waals surface area contributed by atoms with Crippen LogP contribution in [0.1, 0.15) is 12.5 Å². The Morgan fingerprint density at radius 1 is 1.32 bits per heavy atom. The number of carbonyl (C=O) groups is 1. The van der Waals surface area contributed by atoms with E-state index >= 15 is 0 Å². The number of amides is 1. The molecule has 1 amide bonds. The van der Waals surface area contributed by atoms with Crippen molar-refractivity contribution in [3.05, 3.63) is 62.9 Å². The van der Waals surface area contributed by atoms with Gasteiger partial charge >= 0.3 is 0 Å². The summed E-state index contributed by atoms with van der Waals surface area (Å²) in [4.78, 5) is 27.4. The first-order chi connectivity index (χ1) is 13.5. The van der Waals surface area contributed by atoms with E-state index in [1.165, 1.54) is 23.5 Å². The average molecular weight is 395 g/mol. The van der Waals surface area contributed by atoms with Crippen LogP contribution in [0.25, 0.3) is 10.2 Å². The molecule has 2 aromatic carbocycles. The van der Waals surface area contributed by atoms with E-state index in [4.69, 9.17) is 11.2 Å². The largest absolute Gasteiger partial charge is 0.494 e. The predicted octanol–water partition coefficient (Wildman–Crippen LogP) is 3.31. The van der Waals surface area contributed by atoms with Gasteiger partial charge in [-0.2, -0.15) is 4.99 Å². The Bertz CT molecular complexity index is 1140. The Hall–Kier alpha value is -3.44. The van der Waals surface area contributed by atoms with Crippen molar-refractivity contribution in [1.82, 2.24) is 4.57 Å². The number of ether oxygens (including phenoxy) is 1. The number of hydrogen-bond acceptors (Lipinski definition) is 5. The van der Waals surface area contributed by atoms with E-state index in [1.54, 1.807) is 12.1 Å². The van der Waals surface area contributed by atoms with Crippen LogP contribution in [-0.4, -0.2) is 22.0 Å². The van der Waals surface area contributed by atoms with Gasteiger partial charge in [0.25, 0.3) is 11.6 Å². The Kier molecular flexibility index (Phi) is 5.87. The predicted molar refractivity (Wildman–Crippen MR) is 107 cm³/mol. The number of rotatable bonds is 6. The van der Waals surface area contributed by atoms with Crippen molar-refractivity contribution >= 4 is 33.1 Å². The number of terminal acetylenes is 1. The highest BCUT2D eigenvalue weighted by molar-refractivity contribution is 7.16. The van der Waals surface area contributed by atoms with Crippen LogP contribution in [0, 0.1) is 22.5 Å². The summed E-state index contributed by atoms with van der Waals surface area (Å²) in [5.74, 6) is 2.98. The van der Waals surface area contributed by atoms with Gasteiger partial charge in [0, 0.05) is 12.1 Å². The van der Waals surface area contributed by atoms with Gasteiger partial charge in [-0.25, -0.2) is 0 Å². The van der Waals surface area contributed by atoms with Gasteiger partial charge in [-0.1, -0.05) is 29.4 Å². The smallest absolute Gasteiger partial charge is 0.269 e.